The van der Waals surface area contributed by atoms with Crippen LogP contribution in [0.1, 0.15) is 22.8 Å². The van der Waals surface area contributed by atoms with Crippen LogP contribution in [0.5, 0.6) is 0 Å². The number of alkyl halides is 3. The summed E-state index contributed by atoms with van der Waals surface area (Å²) in [6.45, 7) is 0. The highest BCUT2D eigenvalue weighted by Crippen LogP contribution is 2.39. The molecule has 3 nitrogen and oxygen atoms in total. The number of ether oxygens (including phenoxy) is 1. The van der Waals surface area contributed by atoms with Crippen molar-refractivity contribution in [3.63, 3.8) is 0 Å². The van der Waals surface area contributed by atoms with E-state index >= 15 is 0 Å². The molecule has 3 rings (SSSR count). The molecule has 25 heavy (non-hydrogen) atoms. The van der Waals surface area contributed by atoms with Gasteiger partial charge in [-0.05, 0) is 11.6 Å². The summed E-state index contributed by atoms with van der Waals surface area (Å²) in [6, 6.07) is 13.6. The lowest BCUT2D eigenvalue weighted by Gasteiger charge is -2.09. The average molecular weight is 366 g/mol. The molecule has 0 bridgehead atoms. The number of carbonyl (C=O) groups excluding carboxylic acids is 1. The normalized spacial score (nSPS) is 17.7. The van der Waals surface area contributed by atoms with Gasteiger partial charge in [0.05, 0.1) is 5.56 Å². The van der Waals surface area contributed by atoms with Crippen molar-refractivity contribution in [2.75, 3.05) is 0 Å². The van der Waals surface area contributed by atoms with Gasteiger partial charge in [-0.3, -0.25) is 0 Å². The molecule has 0 spiro atoms. The lowest BCUT2D eigenvalue weighted by Crippen LogP contribution is -2.05. The Balaban J connectivity index is 1.76. The van der Waals surface area contributed by atoms with E-state index < -0.39 is 23.8 Å². The summed E-state index contributed by atoms with van der Waals surface area (Å²) in [5.74, 6) is -0.781. The van der Waals surface area contributed by atoms with Gasteiger partial charge in [0.2, 0.25) is 0 Å². The molecule has 1 atom stereocenters. The van der Waals surface area contributed by atoms with Gasteiger partial charge in [0.15, 0.2) is 11.9 Å². The molecule has 1 heterocycles. The number of aliphatic hydroxyl groups excluding tert-OH is 1. The van der Waals surface area contributed by atoms with Gasteiger partial charge >= 0.3 is 12.1 Å². The summed E-state index contributed by atoms with van der Waals surface area (Å²) in [6.07, 6.45) is -5.30. The van der Waals surface area contributed by atoms with Gasteiger partial charge in [-0.15, -0.1) is 11.8 Å². The first kappa shape index (κ1) is 17.4. The van der Waals surface area contributed by atoms with Crippen LogP contribution in [0.15, 0.2) is 65.3 Å². The Hall–Kier alpha value is -2.41. The molecule has 0 fully saturated rings. The minimum atomic E-state index is -4.42. The number of carbonyl (C=O) groups is 1. The Morgan fingerprint density at radius 1 is 1.08 bits per heavy atom. The molecule has 0 saturated heterocycles. The molecule has 130 valence electrons. The topological polar surface area (TPSA) is 46.5 Å². The number of benzene rings is 2. The SMILES string of the molecule is O=C1OC(c2ccccc2)C(O)=C1SCc1cccc(C(F)(F)F)c1. The lowest BCUT2D eigenvalue weighted by molar-refractivity contribution is -0.140. The van der Waals surface area contributed by atoms with Crippen molar-refractivity contribution in [3.8, 4) is 0 Å². The fraction of sp³-hybridized carbons (Fsp3) is 0.167. The number of cyclic esters (lactones) is 1. The molecule has 0 radical (unpaired) electrons. The summed E-state index contributed by atoms with van der Waals surface area (Å²) in [7, 11) is 0. The van der Waals surface area contributed by atoms with Crippen molar-refractivity contribution in [1.82, 2.24) is 0 Å². The first-order chi connectivity index (χ1) is 11.9. The van der Waals surface area contributed by atoms with E-state index in [2.05, 4.69) is 0 Å². The molecule has 1 unspecified atom stereocenters. The van der Waals surface area contributed by atoms with Crippen LogP contribution in [-0.2, 0) is 21.5 Å². The second-order valence-electron chi connectivity index (χ2n) is 5.40. The Morgan fingerprint density at radius 3 is 2.48 bits per heavy atom. The number of hydrogen-bond donors (Lipinski definition) is 1. The average Bonchev–Trinajstić information content (AvgIpc) is 2.88. The highest BCUT2D eigenvalue weighted by molar-refractivity contribution is 8.03. The van der Waals surface area contributed by atoms with Crippen LogP contribution in [-0.4, -0.2) is 11.1 Å². The van der Waals surface area contributed by atoms with Crippen LogP contribution >= 0.6 is 11.8 Å². The van der Waals surface area contributed by atoms with E-state index in [0.717, 1.165) is 23.9 Å². The molecule has 2 aromatic carbocycles. The van der Waals surface area contributed by atoms with Crippen LogP contribution in [0, 0.1) is 0 Å². The number of halogens is 3. The smallest absolute Gasteiger partial charge is 0.416 e. The molecule has 1 aliphatic rings. The van der Waals surface area contributed by atoms with Crippen LogP contribution in [0.2, 0.25) is 0 Å². The fourth-order valence-electron chi connectivity index (χ4n) is 2.42. The molecule has 0 aromatic heterocycles. The van der Waals surface area contributed by atoms with E-state index in [-0.39, 0.29) is 16.4 Å². The van der Waals surface area contributed by atoms with Crippen LogP contribution in [0.3, 0.4) is 0 Å². The molecule has 1 N–H and O–H groups in total. The summed E-state index contributed by atoms with van der Waals surface area (Å²) in [4.78, 5) is 12.0. The number of esters is 1. The highest BCUT2D eigenvalue weighted by Gasteiger charge is 2.36. The quantitative estimate of drug-likeness (QED) is 0.773. The molecule has 0 saturated carbocycles. The van der Waals surface area contributed by atoms with E-state index in [1.165, 1.54) is 12.1 Å². The maximum Gasteiger partial charge on any atom is 0.416 e. The second-order valence-corrected chi connectivity index (χ2v) is 6.38. The van der Waals surface area contributed by atoms with Crippen molar-refractivity contribution in [2.24, 2.45) is 0 Å². The third-order valence-electron chi connectivity index (χ3n) is 3.63. The minimum Gasteiger partial charge on any atom is -0.507 e. The Morgan fingerprint density at radius 2 is 1.80 bits per heavy atom. The molecule has 0 amide bonds. The maximum atomic E-state index is 12.7. The number of aliphatic hydroxyl groups is 1. The van der Waals surface area contributed by atoms with Crippen LogP contribution in [0.4, 0.5) is 13.2 Å². The maximum absolute atomic E-state index is 12.7. The highest BCUT2D eigenvalue weighted by atomic mass is 32.2. The summed E-state index contributed by atoms with van der Waals surface area (Å²) in [5, 5.41) is 10.3. The number of thioether (sulfide) groups is 1. The van der Waals surface area contributed by atoms with Gasteiger partial charge in [-0.2, -0.15) is 13.2 Å². The van der Waals surface area contributed by atoms with Crippen LogP contribution in [0.25, 0.3) is 0 Å². The van der Waals surface area contributed by atoms with Crippen molar-refractivity contribution in [2.45, 2.75) is 18.0 Å². The van der Waals surface area contributed by atoms with Crippen molar-refractivity contribution in [1.29, 1.82) is 0 Å². The van der Waals surface area contributed by atoms with E-state index in [4.69, 9.17) is 4.74 Å². The van der Waals surface area contributed by atoms with Gasteiger partial charge in [0.1, 0.15) is 4.91 Å². The van der Waals surface area contributed by atoms with Gasteiger partial charge < -0.3 is 9.84 Å². The number of hydrogen-bond acceptors (Lipinski definition) is 4. The van der Waals surface area contributed by atoms with Gasteiger partial charge in [-0.1, -0.05) is 48.5 Å². The Kier molecular flexibility index (Phi) is 4.76. The largest absolute Gasteiger partial charge is 0.507 e. The molecule has 0 aliphatic carbocycles. The fourth-order valence-corrected chi connectivity index (χ4v) is 3.33. The van der Waals surface area contributed by atoms with E-state index in [1.54, 1.807) is 30.3 Å². The van der Waals surface area contributed by atoms with E-state index in [1.807, 2.05) is 0 Å². The standard InChI is InChI=1S/C18H13F3O3S/c19-18(20,21)13-8-4-5-11(9-13)10-25-16-14(22)15(24-17(16)23)12-6-2-1-3-7-12/h1-9,15,22H,10H2. The Labute approximate surface area is 146 Å². The summed E-state index contributed by atoms with van der Waals surface area (Å²) >= 11 is 0.959. The zero-order valence-corrected chi connectivity index (χ0v) is 13.6. The van der Waals surface area contributed by atoms with Crippen LogP contribution < -0.4 is 0 Å². The molecular weight excluding hydrogens is 353 g/mol. The number of rotatable bonds is 4. The van der Waals surface area contributed by atoms with Crippen molar-refractivity contribution in [3.05, 3.63) is 82.0 Å². The first-order valence-electron chi connectivity index (χ1n) is 7.34. The third-order valence-corrected chi connectivity index (χ3v) is 4.77. The first-order valence-corrected chi connectivity index (χ1v) is 8.33. The van der Waals surface area contributed by atoms with Gasteiger partial charge in [0.25, 0.3) is 0 Å². The Bertz CT molecular complexity index is 816. The zero-order chi connectivity index (χ0) is 18.0. The van der Waals surface area contributed by atoms with Gasteiger partial charge in [0, 0.05) is 11.3 Å². The van der Waals surface area contributed by atoms with E-state index in [9.17, 15) is 23.1 Å². The molecule has 7 heteroatoms. The van der Waals surface area contributed by atoms with E-state index in [0.29, 0.717) is 11.1 Å². The molecule has 1 aliphatic heterocycles. The lowest BCUT2D eigenvalue weighted by atomic mass is 10.1. The zero-order valence-electron chi connectivity index (χ0n) is 12.8. The summed E-state index contributed by atoms with van der Waals surface area (Å²) < 4.78 is 43.4. The van der Waals surface area contributed by atoms with Gasteiger partial charge in [-0.25, -0.2) is 4.79 Å². The predicted octanol–water partition coefficient (Wildman–Crippen LogP) is 5.01. The minimum absolute atomic E-state index is 0.0197. The molecular formula is C18H13F3O3S. The van der Waals surface area contributed by atoms with Crippen molar-refractivity contribution >= 4 is 17.7 Å². The van der Waals surface area contributed by atoms with Crippen molar-refractivity contribution < 1.29 is 27.8 Å². The second kappa shape index (κ2) is 6.84. The molecule has 2 aromatic rings. The monoisotopic (exact) mass is 366 g/mol. The summed E-state index contributed by atoms with van der Waals surface area (Å²) in [5.41, 5.74) is 0.277. The predicted molar refractivity (Wildman–Crippen MR) is 87.7 cm³/mol. The third kappa shape index (κ3) is 3.82.